The highest BCUT2D eigenvalue weighted by Crippen LogP contribution is 2.26. The van der Waals surface area contributed by atoms with Gasteiger partial charge in [-0.15, -0.1) is 0 Å². The van der Waals surface area contributed by atoms with E-state index in [1.807, 2.05) is 0 Å². The van der Waals surface area contributed by atoms with E-state index < -0.39 is 0 Å². The first-order valence-corrected chi connectivity index (χ1v) is 8.89. The van der Waals surface area contributed by atoms with E-state index in [0.717, 1.165) is 18.0 Å². The van der Waals surface area contributed by atoms with Gasteiger partial charge in [0.15, 0.2) is 0 Å². The van der Waals surface area contributed by atoms with Gasteiger partial charge in [0.1, 0.15) is 0 Å². The molecule has 116 valence electrons. The van der Waals surface area contributed by atoms with Crippen LogP contribution >= 0.6 is 0 Å². The van der Waals surface area contributed by atoms with E-state index in [9.17, 15) is 0 Å². The molecule has 0 bridgehead atoms. The van der Waals surface area contributed by atoms with Crippen molar-refractivity contribution in [2.75, 3.05) is 46.3 Å². The van der Waals surface area contributed by atoms with E-state index in [0.29, 0.717) is 0 Å². The molecule has 0 aromatic rings. The number of rotatable bonds is 2. The van der Waals surface area contributed by atoms with Crippen molar-refractivity contribution in [2.45, 2.75) is 57.5 Å². The van der Waals surface area contributed by atoms with Crippen LogP contribution in [0, 0.1) is 5.92 Å². The fourth-order valence-corrected chi connectivity index (χ4v) is 4.53. The summed E-state index contributed by atoms with van der Waals surface area (Å²) in [5.74, 6) is 0.927. The molecule has 3 saturated heterocycles. The van der Waals surface area contributed by atoms with Crippen molar-refractivity contribution in [3.8, 4) is 0 Å². The van der Waals surface area contributed by atoms with Gasteiger partial charge in [0.2, 0.25) is 0 Å². The molecule has 3 fully saturated rings. The average Bonchev–Trinajstić information content (AvgIpc) is 2.48. The Morgan fingerprint density at radius 2 is 1.30 bits per heavy atom. The SMILES string of the molecule is CC1CCCN(C2CCN(C3CCN(C)CC3)CC2)C1. The maximum absolute atomic E-state index is 2.81. The normalized spacial score (nSPS) is 33.6. The lowest BCUT2D eigenvalue weighted by molar-refractivity contribution is 0.0436. The second kappa shape index (κ2) is 6.76. The fraction of sp³-hybridized carbons (Fsp3) is 1.00. The lowest BCUT2D eigenvalue weighted by atomic mass is 9.93. The van der Waals surface area contributed by atoms with Gasteiger partial charge in [-0.05, 0) is 84.2 Å². The Morgan fingerprint density at radius 3 is 1.95 bits per heavy atom. The molecule has 0 amide bonds. The van der Waals surface area contributed by atoms with Crippen LogP contribution in [0.5, 0.6) is 0 Å². The van der Waals surface area contributed by atoms with Crippen LogP contribution in [-0.2, 0) is 0 Å². The monoisotopic (exact) mass is 279 g/mol. The number of hydrogen-bond acceptors (Lipinski definition) is 3. The van der Waals surface area contributed by atoms with Gasteiger partial charge >= 0.3 is 0 Å². The van der Waals surface area contributed by atoms with Crippen LogP contribution in [0.4, 0.5) is 0 Å². The predicted molar refractivity (Wildman–Crippen MR) is 85.1 cm³/mol. The third-order valence-electron chi connectivity index (χ3n) is 5.91. The highest BCUT2D eigenvalue weighted by atomic mass is 15.2. The van der Waals surface area contributed by atoms with Gasteiger partial charge in [-0.1, -0.05) is 6.92 Å². The zero-order chi connectivity index (χ0) is 13.9. The standard InChI is InChI=1S/C17H33N3/c1-15-4-3-9-20(14-15)17-7-12-19(13-8-17)16-5-10-18(2)11-6-16/h15-17H,3-14H2,1-2H3. The molecule has 20 heavy (non-hydrogen) atoms. The Balaban J connectivity index is 1.44. The van der Waals surface area contributed by atoms with E-state index in [2.05, 4.69) is 28.7 Å². The van der Waals surface area contributed by atoms with E-state index in [1.54, 1.807) is 0 Å². The van der Waals surface area contributed by atoms with Crippen molar-refractivity contribution < 1.29 is 0 Å². The summed E-state index contributed by atoms with van der Waals surface area (Å²) in [4.78, 5) is 8.09. The molecule has 0 aliphatic carbocycles. The summed E-state index contributed by atoms with van der Waals surface area (Å²) < 4.78 is 0. The van der Waals surface area contributed by atoms with Crippen LogP contribution in [0.25, 0.3) is 0 Å². The molecular weight excluding hydrogens is 246 g/mol. The molecule has 3 nitrogen and oxygen atoms in total. The van der Waals surface area contributed by atoms with Gasteiger partial charge in [-0.3, -0.25) is 0 Å². The molecular formula is C17H33N3. The third kappa shape index (κ3) is 3.55. The Bertz CT molecular complexity index is 291. The highest BCUT2D eigenvalue weighted by Gasteiger charge is 2.30. The summed E-state index contributed by atoms with van der Waals surface area (Å²) in [6.07, 6.45) is 8.49. The molecule has 0 saturated carbocycles. The highest BCUT2D eigenvalue weighted by molar-refractivity contribution is 4.87. The van der Waals surface area contributed by atoms with Gasteiger partial charge in [0.25, 0.3) is 0 Å². The molecule has 0 spiro atoms. The minimum atomic E-state index is 0.882. The summed E-state index contributed by atoms with van der Waals surface area (Å²) in [7, 11) is 2.26. The summed E-state index contributed by atoms with van der Waals surface area (Å²) >= 11 is 0. The first-order valence-electron chi connectivity index (χ1n) is 8.89. The van der Waals surface area contributed by atoms with Crippen LogP contribution in [0.3, 0.4) is 0 Å². The van der Waals surface area contributed by atoms with Crippen molar-refractivity contribution in [1.82, 2.24) is 14.7 Å². The molecule has 3 heteroatoms. The first-order chi connectivity index (χ1) is 9.72. The maximum atomic E-state index is 2.81. The average molecular weight is 279 g/mol. The molecule has 0 N–H and O–H groups in total. The molecule has 1 atom stereocenters. The van der Waals surface area contributed by atoms with Crippen molar-refractivity contribution in [3.05, 3.63) is 0 Å². The molecule has 3 heterocycles. The second-order valence-corrected chi connectivity index (χ2v) is 7.54. The van der Waals surface area contributed by atoms with Gasteiger partial charge < -0.3 is 14.7 Å². The zero-order valence-electron chi connectivity index (χ0n) is 13.6. The van der Waals surface area contributed by atoms with Gasteiger partial charge in [-0.25, -0.2) is 0 Å². The van der Waals surface area contributed by atoms with Crippen molar-refractivity contribution >= 4 is 0 Å². The Labute approximate surface area is 125 Å². The van der Waals surface area contributed by atoms with Crippen molar-refractivity contribution in [3.63, 3.8) is 0 Å². The Kier molecular flexibility index (Phi) is 5.00. The lowest BCUT2D eigenvalue weighted by Gasteiger charge is -2.45. The van der Waals surface area contributed by atoms with Gasteiger partial charge in [0.05, 0.1) is 0 Å². The number of hydrogen-bond donors (Lipinski definition) is 0. The Hall–Kier alpha value is -0.120. The summed E-state index contributed by atoms with van der Waals surface area (Å²) in [6.45, 7) is 10.5. The van der Waals surface area contributed by atoms with E-state index in [-0.39, 0.29) is 0 Å². The maximum Gasteiger partial charge on any atom is 0.0120 e. The number of nitrogens with zero attached hydrogens (tertiary/aromatic N) is 3. The Morgan fingerprint density at radius 1 is 0.700 bits per heavy atom. The number of piperidine rings is 3. The van der Waals surface area contributed by atoms with E-state index >= 15 is 0 Å². The van der Waals surface area contributed by atoms with Gasteiger partial charge in [0, 0.05) is 18.6 Å². The van der Waals surface area contributed by atoms with Crippen molar-refractivity contribution in [1.29, 1.82) is 0 Å². The molecule has 0 aromatic carbocycles. The minimum absolute atomic E-state index is 0.882. The van der Waals surface area contributed by atoms with E-state index in [1.165, 1.54) is 77.8 Å². The summed E-state index contributed by atoms with van der Waals surface area (Å²) in [5.41, 5.74) is 0. The molecule has 3 rings (SSSR count). The molecule has 3 aliphatic heterocycles. The number of likely N-dealkylation sites (tertiary alicyclic amines) is 3. The first kappa shape index (κ1) is 14.8. The quantitative estimate of drug-likeness (QED) is 0.768. The van der Waals surface area contributed by atoms with Crippen LogP contribution in [0.15, 0.2) is 0 Å². The molecule has 3 aliphatic rings. The van der Waals surface area contributed by atoms with Crippen LogP contribution in [0.2, 0.25) is 0 Å². The second-order valence-electron chi connectivity index (χ2n) is 7.54. The minimum Gasteiger partial charge on any atom is -0.306 e. The zero-order valence-corrected chi connectivity index (χ0v) is 13.6. The van der Waals surface area contributed by atoms with Crippen molar-refractivity contribution in [2.24, 2.45) is 5.92 Å². The molecule has 0 radical (unpaired) electrons. The molecule has 0 aromatic heterocycles. The van der Waals surface area contributed by atoms with E-state index in [4.69, 9.17) is 0 Å². The van der Waals surface area contributed by atoms with Crippen LogP contribution in [-0.4, -0.2) is 73.1 Å². The summed E-state index contributed by atoms with van der Waals surface area (Å²) in [6, 6.07) is 1.77. The molecule has 1 unspecified atom stereocenters. The smallest absolute Gasteiger partial charge is 0.0120 e. The fourth-order valence-electron chi connectivity index (χ4n) is 4.53. The third-order valence-corrected chi connectivity index (χ3v) is 5.91. The van der Waals surface area contributed by atoms with Gasteiger partial charge in [-0.2, -0.15) is 0 Å². The van der Waals surface area contributed by atoms with Crippen LogP contribution < -0.4 is 0 Å². The topological polar surface area (TPSA) is 9.72 Å². The van der Waals surface area contributed by atoms with Crippen LogP contribution in [0.1, 0.15) is 45.4 Å². The summed E-state index contributed by atoms with van der Waals surface area (Å²) in [5, 5.41) is 0. The lowest BCUT2D eigenvalue weighted by Crippen LogP contribution is -2.52. The predicted octanol–water partition coefficient (Wildman–Crippen LogP) is 2.28. The largest absolute Gasteiger partial charge is 0.306 e.